The third-order valence-electron chi connectivity index (χ3n) is 1.32. The van der Waals surface area contributed by atoms with Gasteiger partial charge in [-0.2, -0.15) is 0 Å². The normalized spacial score (nSPS) is 10.0. The summed E-state index contributed by atoms with van der Waals surface area (Å²) in [4.78, 5) is 15.2. The van der Waals surface area contributed by atoms with Crippen LogP contribution in [0.15, 0.2) is 4.34 Å². The van der Waals surface area contributed by atoms with E-state index in [2.05, 4.69) is 10.3 Å². The molecule has 1 heterocycles. The van der Waals surface area contributed by atoms with Gasteiger partial charge in [-0.3, -0.25) is 0 Å². The van der Waals surface area contributed by atoms with Gasteiger partial charge in [-0.25, -0.2) is 9.78 Å². The number of rotatable bonds is 4. The Bertz CT molecular complexity index is 311. The lowest BCUT2D eigenvalue weighted by atomic mass is 10.5. The summed E-state index contributed by atoms with van der Waals surface area (Å²) in [6, 6.07) is 0. The fraction of sp³-hybridized carbons (Fsp3) is 0.429. The van der Waals surface area contributed by atoms with Crippen molar-refractivity contribution in [1.82, 2.24) is 4.98 Å². The zero-order valence-corrected chi connectivity index (χ0v) is 8.96. The van der Waals surface area contributed by atoms with Crippen LogP contribution < -0.4 is 5.32 Å². The first-order valence-electron chi connectivity index (χ1n) is 3.71. The number of hydrogen-bond acceptors (Lipinski definition) is 5. The topological polar surface area (TPSA) is 62.2 Å². The molecule has 0 amide bonds. The van der Waals surface area contributed by atoms with Crippen LogP contribution in [0.4, 0.5) is 5.82 Å². The molecule has 0 saturated carbocycles. The molecule has 0 atom stereocenters. The minimum atomic E-state index is -0.922. The Labute approximate surface area is 84.4 Å². The lowest BCUT2D eigenvalue weighted by molar-refractivity contribution is 0.0703. The smallest absolute Gasteiger partial charge is 0.349 e. The zero-order chi connectivity index (χ0) is 9.84. The van der Waals surface area contributed by atoms with Gasteiger partial charge in [0.05, 0.1) is 0 Å². The third kappa shape index (κ3) is 2.35. The number of thioether (sulfide) groups is 1. The van der Waals surface area contributed by atoms with Crippen LogP contribution >= 0.6 is 23.1 Å². The second-order valence-electron chi connectivity index (χ2n) is 2.20. The Hall–Kier alpha value is -0.750. The summed E-state index contributed by atoms with van der Waals surface area (Å²) in [5.41, 5.74) is 0. The van der Waals surface area contributed by atoms with Crippen molar-refractivity contribution in [2.24, 2.45) is 0 Å². The Morgan fingerprint density at radius 3 is 2.92 bits per heavy atom. The second-order valence-corrected chi connectivity index (χ2v) is 4.25. The number of thiazole rings is 1. The molecule has 0 spiro atoms. The van der Waals surface area contributed by atoms with Crippen LogP contribution in [0, 0.1) is 0 Å². The summed E-state index contributed by atoms with van der Waals surface area (Å²) in [5, 5.41) is 11.7. The van der Waals surface area contributed by atoms with Crippen LogP contribution in [0.5, 0.6) is 0 Å². The van der Waals surface area contributed by atoms with Gasteiger partial charge < -0.3 is 10.4 Å². The summed E-state index contributed by atoms with van der Waals surface area (Å²) in [6.45, 7) is 2.58. The molecule has 72 valence electrons. The molecule has 1 aromatic heterocycles. The number of carboxylic acids is 1. The number of aromatic nitrogens is 1. The van der Waals surface area contributed by atoms with Gasteiger partial charge >= 0.3 is 5.97 Å². The van der Waals surface area contributed by atoms with E-state index < -0.39 is 5.97 Å². The third-order valence-corrected chi connectivity index (χ3v) is 3.35. The van der Waals surface area contributed by atoms with Crippen LogP contribution in [-0.2, 0) is 0 Å². The van der Waals surface area contributed by atoms with Gasteiger partial charge in [0.25, 0.3) is 0 Å². The van der Waals surface area contributed by atoms with E-state index in [1.54, 1.807) is 0 Å². The van der Waals surface area contributed by atoms with Gasteiger partial charge in [0.2, 0.25) is 0 Å². The van der Waals surface area contributed by atoms with E-state index in [-0.39, 0.29) is 4.88 Å². The van der Waals surface area contributed by atoms with Crippen LogP contribution in [0.3, 0.4) is 0 Å². The van der Waals surface area contributed by atoms with Crippen LogP contribution in [-0.4, -0.2) is 28.9 Å². The highest BCUT2D eigenvalue weighted by atomic mass is 32.2. The second kappa shape index (κ2) is 4.48. The Kier molecular flexibility index (Phi) is 3.56. The molecule has 13 heavy (non-hydrogen) atoms. The maximum absolute atomic E-state index is 10.7. The minimum absolute atomic E-state index is 0.284. The molecule has 6 heteroatoms. The molecule has 0 bridgehead atoms. The van der Waals surface area contributed by atoms with Crippen LogP contribution in [0.2, 0.25) is 0 Å². The van der Waals surface area contributed by atoms with Crippen molar-refractivity contribution < 1.29 is 9.90 Å². The molecule has 0 aromatic carbocycles. The van der Waals surface area contributed by atoms with E-state index in [0.717, 1.165) is 4.34 Å². The molecule has 0 aliphatic carbocycles. The Morgan fingerprint density at radius 1 is 1.77 bits per heavy atom. The van der Waals surface area contributed by atoms with Gasteiger partial charge in [-0.15, -0.1) is 0 Å². The van der Waals surface area contributed by atoms with E-state index in [1.165, 1.54) is 23.1 Å². The molecular weight excluding hydrogens is 208 g/mol. The summed E-state index contributed by atoms with van der Waals surface area (Å²) < 4.78 is 0.772. The monoisotopic (exact) mass is 218 g/mol. The molecule has 2 N–H and O–H groups in total. The average Bonchev–Trinajstić information content (AvgIpc) is 2.48. The first-order valence-corrected chi connectivity index (χ1v) is 5.75. The first-order chi connectivity index (χ1) is 6.19. The summed E-state index contributed by atoms with van der Waals surface area (Å²) in [7, 11) is 0. The molecule has 0 aliphatic heterocycles. The van der Waals surface area contributed by atoms with E-state index in [1.807, 2.05) is 13.2 Å². The van der Waals surface area contributed by atoms with Gasteiger partial charge in [-0.05, 0) is 13.2 Å². The number of nitrogens with one attached hydrogen (secondary N) is 1. The van der Waals surface area contributed by atoms with Crippen molar-refractivity contribution in [2.75, 3.05) is 18.1 Å². The van der Waals surface area contributed by atoms with E-state index in [4.69, 9.17) is 5.11 Å². The summed E-state index contributed by atoms with van der Waals surface area (Å²) in [6.07, 6.45) is 1.88. The minimum Gasteiger partial charge on any atom is -0.477 e. The fourth-order valence-corrected chi connectivity index (χ4v) is 2.20. The fourth-order valence-electron chi connectivity index (χ4n) is 0.820. The number of hydrogen-bond donors (Lipinski definition) is 2. The average molecular weight is 218 g/mol. The summed E-state index contributed by atoms with van der Waals surface area (Å²) in [5.74, 6) is -0.446. The van der Waals surface area contributed by atoms with E-state index >= 15 is 0 Å². The molecule has 1 rings (SSSR count). The molecular formula is C7H10N2O2S2. The Balaban J connectivity index is 3.00. The maximum Gasteiger partial charge on any atom is 0.349 e. The molecule has 1 aromatic rings. The number of aromatic carboxylic acids is 1. The van der Waals surface area contributed by atoms with Crippen molar-refractivity contribution >= 4 is 34.9 Å². The van der Waals surface area contributed by atoms with E-state index in [9.17, 15) is 4.79 Å². The van der Waals surface area contributed by atoms with Crippen molar-refractivity contribution in [3.63, 3.8) is 0 Å². The summed E-state index contributed by atoms with van der Waals surface area (Å²) >= 11 is 2.65. The lowest BCUT2D eigenvalue weighted by Crippen LogP contribution is -2.03. The van der Waals surface area contributed by atoms with Crippen molar-refractivity contribution in [1.29, 1.82) is 0 Å². The zero-order valence-electron chi connectivity index (χ0n) is 7.33. The molecule has 0 aliphatic rings. The molecule has 4 nitrogen and oxygen atoms in total. The number of nitrogens with zero attached hydrogens (tertiary/aromatic N) is 1. The van der Waals surface area contributed by atoms with Gasteiger partial charge in [0, 0.05) is 6.54 Å². The largest absolute Gasteiger partial charge is 0.477 e. The number of anilines is 1. The first kappa shape index (κ1) is 10.3. The van der Waals surface area contributed by atoms with Crippen molar-refractivity contribution in [3.8, 4) is 0 Å². The molecule has 0 fully saturated rings. The predicted octanol–water partition coefficient (Wildman–Crippen LogP) is 1.99. The standard InChI is InChI=1S/C7H10N2O2S2/c1-3-8-5-4(6(10)11)13-7(9-5)12-2/h8H,3H2,1-2H3,(H,10,11). The Morgan fingerprint density at radius 2 is 2.46 bits per heavy atom. The quantitative estimate of drug-likeness (QED) is 0.757. The van der Waals surface area contributed by atoms with Crippen LogP contribution in [0.25, 0.3) is 0 Å². The SMILES string of the molecule is CCNc1nc(SC)sc1C(=O)O. The van der Waals surface area contributed by atoms with Gasteiger partial charge in [0.15, 0.2) is 15.0 Å². The highest BCUT2D eigenvalue weighted by Gasteiger charge is 2.15. The van der Waals surface area contributed by atoms with Crippen LogP contribution in [0.1, 0.15) is 16.6 Å². The lowest BCUT2D eigenvalue weighted by Gasteiger charge is -1.97. The maximum atomic E-state index is 10.7. The van der Waals surface area contributed by atoms with Gasteiger partial charge in [-0.1, -0.05) is 23.1 Å². The molecule has 0 unspecified atom stereocenters. The molecule has 0 radical (unpaired) electrons. The highest BCUT2D eigenvalue weighted by Crippen LogP contribution is 2.28. The van der Waals surface area contributed by atoms with Crippen molar-refractivity contribution in [3.05, 3.63) is 4.88 Å². The highest BCUT2D eigenvalue weighted by molar-refractivity contribution is 8.00. The number of carbonyl (C=O) groups is 1. The number of carboxylic acid groups (broad SMARTS) is 1. The predicted molar refractivity (Wildman–Crippen MR) is 55.0 cm³/mol. The van der Waals surface area contributed by atoms with Crippen molar-refractivity contribution in [2.45, 2.75) is 11.3 Å². The van der Waals surface area contributed by atoms with Gasteiger partial charge in [0.1, 0.15) is 0 Å². The van der Waals surface area contributed by atoms with E-state index in [0.29, 0.717) is 12.4 Å². The molecule has 0 saturated heterocycles.